The fourth-order valence-electron chi connectivity index (χ4n) is 2.33. The number of nitrogens with zero attached hydrogens (tertiary/aromatic N) is 2. The van der Waals surface area contributed by atoms with Crippen molar-refractivity contribution in [2.75, 3.05) is 5.73 Å². The molecule has 1 aliphatic carbocycles. The van der Waals surface area contributed by atoms with Crippen LogP contribution in [-0.2, 0) is 6.54 Å². The largest absolute Gasteiger partial charge is 0.383 e. The highest BCUT2D eigenvalue weighted by atomic mass is 79.9. The molecule has 2 aromatic rings. The van der Waals surface area contributed by atoms with Gasteiger partial charge in [0.2, 0.25) is 0 Å². The highest BCUT2D eigenvalue weighted by Gasteiger charge is 2.25. The van der Waals surface area contributed by atoms with Crippen LogP contribution in [-0.4, -0.2) is 9.78 Å². The van der Waals surface area contributed by atoms with Gasteiger partial charge in [-0.05, 0) is 52.7 Å². The summed E-state index contributed by atoms with van der Waals surface area (Å²) in [4.78, 5) is 0. The van der Waals surface area contributed by atoms with Gasteiger partial charge in [-0.25, -0.2) is 4.68 Å². The lowest BCUT2D eigenvalue weighted by Gasteiger charge is -2.09. The Balaban J connectivity index is 1.94. The molecule has 1 heterocycles. The molecular formula is C14H16BrN3. The van der Waals surface area contributed by atoms with E-state index in [-0.39, 0.29) is 0 Å². The van der Waals surface area contributed by atoms with E-state index < -0.39 is 0 Å². The molecule has 0 amide bonds. The van der Waals surface area contributed by atoms with Crippen molar-refractivity contribution in [1.82, 2.24) is 9.78 Å². The normalized spacial score (nSPS) is 15.0. The molecule has 0 spiro atoms. The van der Waals surface area contributed by atoms with E-state index in [4.69, 9.17) is 5.73 Å². The molecule has 1 saturated carbocycles. The molecule has 0 aliphatic heterocycles. The van der Waals surface area contributed by atoms with Crippen LogP contribution in [0.15, 0.2) is 28.7 Å². The van der Waals surface area contributed by atoms with Crippen molar-refractivity contribution in [3.8, 4) is 0 Å². The Morgan fingerprint density at radius 1 is 1.39 bits per heavy atom. The highest BCUT2D eigenvalue weighted by molar-refractivity contribution is 9.10. The van der Waals surface area contributed by atoms with Crippen LogP contribution in [0.2, 0.25) is 0 Å². The van der Waals surface area contributed by atoms with Crippen LogP contribution < -0.4 is 5.73 Å². The van der Waals surface area contributed by atoms with Crippen molar-refractivity contribution >= 4 is 21.7 Å². The van der Waals surface area contributed by atoms with E-state index >= 15 is 0 Å². The zero-order chi connectivity index (χ0) is 12.7. The first kappa shape index (κ1) is 11.8. The van der Waals surface area contributed by atoms with E-state index in [2.05, 4.69) is 45.3 Å². The third kappa shape index (κ3) is 2.05. The van der Waals surface area contributed by atoms with Gasteiger partial charge in [-0.3, -0.25) is 0 Å². The Morgan fingerprint density at radius 2 is 2.11 bits per heavy atom. The van der Waals surface area contributed by atoms with Gasteiger partial charge in [0.1, 0.15) is 5.82 Å². The number of nitrogen functional groups attached to an aromatic ring is 1. The van der Waals surface area contributed by atoms with Crippen LogP contribution in [0.3, 0.4) is 0 Å². The average molecular weight is 306 g/mol. The lowest BCUT2D eigenvalue weighted by atomic mass is 10.0. The number of nitrogens with two attached hydrogens (primary N) is 1. The fourth-order valence-corrected chi connectivity index (χ4v) is 2.61. The SMILES string of the molecule is Cc1nn(Cc2ccccc2C2CC2)c(N)c1Br. The summed E-state index contributed by atoms with van der Waals surface area (Å²) in [7, 11) is 0. The fraction of sp³-hybridized carbons (Fsp3) is 0.357. The van der Waals surface area contributed by atoms with Crippen molar-refractivity contribution in [2.24, 2.45) is 0 Å². The summed E-state index contributed by atoms with van der Waals surface area (Å²) in [5, 5.41) is 4.47. The van der Waals surface area contributed by atoms with E-state index in [9.17, 15) is 0 Å². The Morgan fingerprint density at radius 3 is 2.72 bits per heavy atom. The quantitative estimate of drug-likeness (QED) is 0.943. The molecule has 2 N–H and O–H groups in total. The second-order valence-electron chi connectivity index (χ2n) is 4.92. The van der Waals surface area contributed by atoms with E-state index in [0.717, 1.165) is 22.6 Å². The van der Waals surface area contributed by atoms with Crippen molar-refractivity contribution in [2.45, 2.75) is 32.2 Å². The maximum Gasteiger partial charge on any atom is 0.136 e. The molecule has 0 atom stereocenters. The van der Waals surface area contributed by atoms with Gasteiger partial charge in [-0.15, -0.1) is 0 Å². The van der Waals surface area contributed by atoms with Crippen molar-refractivity contribution < 1.29 is 0 Å². The molecule has 0 radical (unpaired) electrons. The first-order valence-corrected chi connectivity index (χ1v) is 7.02. The van der Waals surface area contributed by atoms with Crippen LogP contribution in [0.25, 0.3) is 0 Å². The lowest BCUT2D eigenvalue weighted by molar-refractivity contribution is 0.683. The van der Waals surface area contributed by atoms with Gasteiger partial charge >= 0.3 is 0 Å². The third-order valence-electron chi connectivity index (χ3n) is 3.48. The van der Waals surface area contributed by atoms with Gasteiger partial charge in [-0.1, -0.05) is 24.3 Å². The standard InChI is InChI=1S/C14H16BrN3/c1-9-13(15)14(16)18(17-9)8-11-4-2-3-5-12(11)10-6-7-10/h2-5,10H,6-8,16H2,1H3. The number of hydrogen-bond acceptors (Lipinski definition) is 2. The van der Waals surface area contributed by atoms with Crippen molar-refractivity contribution in [3.05, 3.63) is 45.6 Å². The van der Waals surface area contributed by atoms with Crippen LogP contribution >= 0.6 is 15.9 Å². The average Bonchev–Trinajstić information content (AvgIpc) is 3.17. The number of anilines is 1. The number of rotatable bonds is 3. The molecule has 0 bridgehead atoms. The Hall–Kier alpha value is -1.29. The Bertz CT molecular complexity index is 585. The summed E-state index contributed by atoms with van der Waals surface area (Å²) in [6.07, 6.45) is 2.63. The Kier molecular flexibility index (Phi) is 2.90. The summed E-state index contributed by atoms with van der Waals surface area (Å²) >= 11 is 3.46. The first-order valence-electron chi connectivity index (χ1n) is 6.23. The zero-order valence-corrected chi connectivity index (χ0v) is 11.9. The summed E-state index contributed by atoms with van der Waals surface area (Å²) < 4.78 is 2.78. The molecule has 0 unspecified atom stereocenters. The van der Waals surface area contributed by atoms with Gasteiger partial charge in [0.25, 0.3) is 0 Å². The maximum absolute atomic E-state index is 6.05. The number of benzene rings is 1. The lowest BCUT2D eigenvalue weighted by Crippen LogP contribution is -2.07. The van der Waals surface area contributed by atoms with Crippen molar-refractivity contribution in [1.29, 1.82) is 0 Å². The van der Waals surface area contributed by atoms with Gasteiger partial charge < -0.3 is 5.73 Å². The molecule has 3 rings (SSSR count). The molecule has 3 nitrogen and oxygen atoms in total. The van der Waals surface area contributed by atoms with Gasteiger partial charge in [-0.2, -0.15) is 5.10 Å². The first-order chi connectivity index (χ1) is 8.66. The van der Waals surface area contributed by atoms with Gasteiger partial charge in [0, 0.05) is 0 Å². The van der Waals surface area contributed by atoms with E-state index in [0.29, 0.717) is 5.82 Å². The summed E-state index contributed by atoms with van der Waals surface area (Å²) in [5.74, 6) is 1.46. The molecule has 4 heteroatoms. The molecule has 1 aromatic heterocycles. The highest BCUT2D eigenvalue weighted by Crippen LogP contribution is 2.41. The summed E-state index contributed by atoms with van der Waals surface area (Å²) in [6.45, 7) is 2.72. The van der Waals surface area contributed by atoms with Crippen LogP contribution in [0, 0.1) is 6.92 Å². The second-order valence-corrected chi connectivity index (χ2v) is 5.71. The molecule has 1 aromatic carbocycles. The van der Waals surface area contributed by atoms with Crippen LogP contribution in [0.1, 0.15) is 35.6 Å². The number of halogens is 1. The molecular weight excluding hydrogens is 290 g/mol. The monoisotopic (exact) mass is 305 g/mol. The van der Waals surface area contributed by atoms with E-state index in [1.54, 1.807) is 0 Å². The minimum absolute atomic E-state index is 0.707. The predicted molar refractivity (Wildman–Crippen MR) is 76.6 cm³/mol. The van der Waals surface area contributed by atoms with Crippen molar-refractivity contribution in [3.63, 3.8) is 0 Å². The minimum atomic E-state index is 0.707. The van der Waals surface area contributed by atoms with E-state index in [1.807, 2.05) is 11.6 Å². The summed E-state index contributed by atoms with van der Waals surface area (Å²) in [5.41, 5.74) is 9.78. The molecule has 0 saturated heterocycles. The molecule has 94 valence electrons. The van der Waals surface area contributed by atoms with Gasteiger partial charge in [0.15, 0.2) is 0 Å². The smallest absolute Gasteiger partial charge is 0.136 e. The zero-order valence-electron chi connectivity index (χ0n) is 10.4. The number of aryl methyl sites for hydroxylation is 1. The van der Waals surface area contributed by atoms with Gasteiger partial charge in [0.05, 0.1) is 16.7 Å². The second kappa shape index (κ2) is 4.43. The maximum atomic E-state index is 6.05. The minimum Gasteiger partial charge on any atom is -0.383 e. The predicted octanol–water partition coefficient (Wildman–Crippen LogP) is 3.46. The van der Waals surface area contributed by atoms with E-state index in [1.165, 1.54) is 24.0 Å². The third-order valence-corrected chi connectivity index (χ3v) is 4.46. The summed E-state index contributed by atoms with van der Waals surface area (Å²) in [6, 6.07) is 8.61. The molecule has 1 fully saturated rings. The number of aromatic nitrogens is 2. The molecule has 1 aliphatic rings. The topological polar surface area (TPSA) is 43.8 Å². The number of hydrogen-bond donors (Lipinski definition) is 1. The van der Waals surface area contributed by atoms with Crippen LogP contribution in [0.5, 0.6) is 0 Å². The molecule has 18 heavy (non-hydrogen) atoms. The Labute approximate surface area is 115 Å². The van der Waals surface area contributed by atoms with Crippen LogP contribution in [0.4, 0.5) is 5.82 Å².